The lowest BCUT2D eigenvalue weighted by Gasteiger charge is -2.29. The first-order valence-corrected chi connectivity index (χ1v) is 12.0. The van der Waals surface area contributed by atoms with Crippen LogP contribution >= 0.6 is 11.3 Å². The molecule has 1 fully saturated rings. The van der Waals surface area contributed by atoms with Crippen molar-refractivity contribution >= 4 is 38.6 Å². The zero-order valence-electron chi connectivity index (χ0n) is 19.0. The predicted molar refractivity (Wildman–Crippen MR) is 131 cm³/mol. The fourth-order valence-electron chi connectivity index (χ4n) is 3.96. The molecule has 0 unspecified atom stereocenters. The van der Waals surface area contributed by atoms with Gasteiger partial charge >= 0.3 is 6.01 Å². The highest BCUT2D eigenvalue weighted by Gasteiger charge is 2.28. The molecule has 0 atom stereocenters. The lowest BCUT2D eigenvalue weighted by atomic mass is 9.96. The molecule has 1 aliphatic heterocycles. The largest absolute Gasteiger partial charge is 0.497 e. The summed E-state index contributed by atoms with van der Waals surface area (Å²) in [6, 6.07) is 13.7. The minimum absolute atomic E-state index is 0.00631. The van der Waals surface area contributed by atoms with Crippen LogP contribution in [0.15, 0.2) is 47.0 Å². The second kappa shape index (κ2) is 9.68. The molecule has 1 amide bonds. The van der Waals surface area contributed by atoms with E-state index >= 15 is 0 Å². The van der Waals surface area contributed by atoms with Crippen molar-refractivity contribution < 1.29 is 18.8 Å². The van der Waals surface area contributed by atoms with Gasteiger partial charge in [-0.15, -0.1) is 0 Å². The van der Waals surface area contributed by atoms with Gasteiger partial charge in [-0.05, 0) is 62.2 Å². The summed E-state index contributed by atoms with van der Waals surface area (Å²) in [7, 11) is 1.63. The first-order chi connectivity index (χ1) is 16.6. The standard InChI is InChI=1S/C24H25N5O4S/c1-3-32-18-8-9-19-20(14-18)34-23(25-19)27-22(30)16-10-12-29(13-11-16)24-26-21(28-33-24)15-4-6-17(31-2)7-5-15/h4-9,14,16H,3,10-13H2,1-2H3,(H,25,27,30). The molecule has 2 aromatic carbocycles. The van der Waals surface area contributed by atoms with E-state index in [2.05, 4.69) is 20.4 Å². The van der Waals surface area contributed by atoms with E-state index in [0.717, 1.165) is 27.3 Å². The van der Waals surface area contributed by atoms with Crippen molar-refractivity contribution in [3.63, 3.8) is 0 Å². The highest BCUT2D eigenvalue weighted by Crippen LogP contribution is 2.31. The van der Waals surface area contributed by atoms with Gasteiger partial charge in [0.05, 0.1) is 23.9 Å². The van der Waals surface area contributed by atoms with Crippen LogP contribution in [0.4, 0.5) is 11.1 Å². The van der Waals surface area contributed by atoms with Crippen LogP contribution in [0.25, 0.3) is 21.6 Å². The second-order valence-corrected chi connectivity index (χ2v) is 8.99. The fourth-order valence-corrected chi connectivity index (χ4v) is 4.85. The number of hydrogen-bond donors (Lipinski definition) is 1. The molecule has 0 spiro atoms. The van der Waals surface area contributed by atoms with Crippen molar-refractivity contribution in [2.24, 2.45) is 5.92 Å². The van der Waals surface area contributed by atoms with E-state index in [1.54, 1.807) is 7.11 Å². The Morgan fingerprint density at radius 1 is 1.15 bits per heavy atom. The van der Waals surface area contributed by atoms with Gasteiger partial charge in [-0.25, -0.2) is 4.98 Å². The zero-order valence-corrected chi connectivity index (χ0v) is 19.8. The number of benzene rings is 2. The van der Waals surface area contributed by atoms with Crippen molar-refractivity contribution in [2.45, 2.75) is 19.8 Å². The van der Waals surface area contributed by atoms with Crippen molar-refractivity contribution in [1.29, 1.82) is 0 Å². The molecular weight excluding hydrogens is 454 g/mol. The summed E-state index contributed by atoms with van der Waals surface area (Å²) in [5, 5.41) is 7.70. The number of fused-ring (bicyclic) bond motifs is 1. The molecule has 0 radical (unpaired) electrons. The molecule has 1 aliphatic rings. The topological polar surface area (TPSA) is 103 Å². The Kier molecular flexibility index (Phi) is 6.31. The number of anilines is 2. The van der Waals surface area contributed by atoms with E-state index in [1.165, 1.54) is 11.3 Å². The smallest absolute Gasteiger partial charge is 0.324 e. The number of aromatic nitrogens is 3. The van der Waals surface area contributed by atoms with E-state index in [4.69, 9.17) is 14.0 Å². The summed E-state index contributed by atoms with van der Waals surface area (Å²) in [4.78, 5) is 23.9. The zero-order chi connectivity index (χ0) is 23.5. The predicted octanol–water partition coefficient (Wildman–Crippen LogP) is 4.61. The number of carbonyl (C=O) groups is 1. The minimum Gasteiger partial charge on any atom is -0.497 e. The van der Waals surface area contributed by atoms with Gasteiger partial charge in [-0.2, -0.15) is 4.98 Å². The van der Waals surface area contributed by atoms with E-state index in [1.807, 2.05) is 54.3 Å². The maximum absolute atomic E-state index is 12.8. The Labute approximate surface area is 200 Å². The van der Waals surface area contributed by atoms with Gasteiger partial charge < -0.3 is 24.2 Å². The van der Waals surface area contributed by atoms with Crippen molar-refractivity contribution in [2.75, 3.05) is 37.0 Å². The summed E-state index contributed by atoms with van der Waals surface area (Å²) < 4.78 is 17.2. The molecule has 1 saturated heterocycles. The number of nitrogens with one attached hydrogen (secondary N) is 1. The number of thiazole rings is 1. The monoisotopic (exact) mass is 479 g/mol. The van der Waals surface area contributed by atoms with Gasteiger partial charge in [-0.3, -0.25) is 4.79 Å². The summed E-state index contributed by atoms with van der Waals surface area (Å²) in [5.41, 5.74) is 1.71. The van der Waals surface area contributed by atoms with Crippen molar-refractivity contribution in [3.05, 3.63) is 42.5 Å². The molecule has 0 bridgehead atoms. The minimum atomic E-state index is -0.0915. The number of rotatable bonds is 7. The lowest BCUT2D eigenvalue weighted by Crippen LogP contribution is -2.38. The third kappa shape index (κ3) is 4.67. The molecule has 2 aromatic heterocycles. The molecule has 4 aromatic rings. The van der Waals surface area contributed by atoms with Gasteiger partial charge in [0.15, 0.2) is 5.13 Å². The van der Waals surface area contributed by atoms with E-state index in [-0.39, 0.29) is 11.8 Å². The quantitative estimate of drug-likeness (QED) is 0.410. The molecule has 5 rings (SSSR count). The Hall–Kier alpha value is -3.66. The van der Waals surface area contributed by atoms with Gasteiger partial charge in [0.2, 0.25) is 11.7 Å². The average molecular weight is 480 g/mol. The van der Waals surface area contributed by atoms with Gasteiger partial charge in [-0.1, -0.05) is 16.5 Å². The normalized spacial score (nSPS) is 14.4. The van der Waals surface area contributed by atoms with Crippen LogP contribution in [-0.2, 0) is 4.79 Å². The van der Waals surface area contributed by atoms with Gasteiger partial charge in [0.1, 0.15) is 11.5 Å². The molecule has 34 heavy (non-hydrogen) atoms. The van der Waals surface area contributed by atoms with Crippen LogP contribution in [0.3, 0.4) is 0 Å². The maximum atomic E-state index is 12.8. The number of carbonyl (C=O) groups excluding carboxylic acids is 1. The number of methoxy groups -OCH3 is 1. The van der Waals surface area contributed by atoms with E-state index < -0.39 is 0 Å². The number of hydrogen-bond acceptors (Lipinski definition) is 9. The summed E-state index contributed by atoms with van der Waals surface area (Å²) >= 11 is 1.46. The molecule has 1 N–H and O–H groups in total. The number of amides is 1. The third-order valence-corrected chi connectivity index (χ3v) is 6.73. The van der Waals surface area contributed by atoms with Gasteiger partial charge in [0, 0.05) is 24.6 Å². The average Bonchev–Trinajstić information content (AvgIpc) is 3.51. The summed E-state index contributed by atoms with van der Waals surface area (Å²) in [5.74, 6) is 2.01. The number of ether oxygens (including phenoxy) is 2. The SMILES string of the molecule is CCOc1ccc2nc(NC(=O)C3CCN(c4nc(-c5ccc(OC)cc5)no4)CC3)sc2c1. The van der Waals surface area contributed by atoms with Crippen LogP contribution in [0.2, 0.25) is 0 Å². The number of nitrogens with zero attached hydrogens (tertiary/aromatic N) is 4. The van der Waals surface area contributed by atoms with Gasteiger partial charge in [0.25, 0.3) is 0 Å². The van der Waals surface area contributed by atoms with Crippen LogP contribution in [0.1, 0.15) is 19.8 Å². The first-order valence-electron chi connectivity index (χ1n) is 11.2. The van der Waals surface area contributed by atoms with Crippen LogP contribution in [0.5, 0.6) is 11.5 Å². The van der Waals surface area contributed by atoms with E-state index in [0.29, 0.717) is 49.5 Å². The van der Waals surface area contributed by atoms with Crippen LogP contribution < -0.4 is 19.7 Å². The highest BCUT2D eigenvalue weighted by atomic mass is 32.1. The summed E-state index contributed by atoms with van der Waals surface area (Å²) in [6.45, 7) is 3.89. The molecule has 0 aliphatic carbocycles. The molecule has 0 saturated carbocycles. The number of piperidine rings is 1. The van der Waals surface area contributed by atoms with E-state index in [9.17, 15) is 4.79 Å². The van der Waals surface area contributed by atoms with Crippen LogP contribution in [0, 0.1) is 5.92 Å². The fraction of sp³-hybridized carbons (Fsp3) is 0.333. The third-order valence-electron chi connectivity index (χ3n) is 5.80. The molecule has 3 heterocycles. The Bertz CT molecular complexity index is 1280. The van der Waals surface area contributed by atoms with Crippen LogP contribution in [-0.4, -0.2) is 47.8 Å². The first kappa shape index (κ1) is 22.1. The Morgan fingerprint density at radius 2 is 1.91 bits per heavy atom. The Morgan fingerprint density at radius 3 is 2.65 bits per heavy atom. The highest BCUT2D eigenvalue weighted by molar-refractivity contribution is 7.22. The molecule has 10 heteroatoms. The summed E-state index contributed by atoms with van der Waals surface area (Å²) in [6.07, 6.45) is 1.40. The maximum Gasteiger partial charge on any atom is 0.324 e. The molecular formula is C24H25N5O4S. The molecule has 176 valence electrons. The van der Waals surface area contributed by atoms with Crippen molar-refractivity contribution in [3.8, 4) is 22.9 Å². The lowest BCUT2D eigenvalue weighted by molar-refractivity contribution is -0.120. The second-order valence-electron chi connectivity index (χ2n) is 7.96. The Balaban J connectivity index is 1.18. The molecule has 9 nitrogen and oxygen atoms in total. The van der Waals surface area contributed by atoms with Crippen molar-refractivity contribution in [1.82, 2.24) is 15.1 Å².